The zero-order valence-corrected chi connectivity index (χ0v) is 17.6. The third-order valence-electron chi connectivity index (χ3n) is 5.32. The van der Waals surface area contributed by atoms with Crippen LogP contribution < -0.4 is 15.5 Å². The van der Waals surface area contributed by atoms with E-state index in [1.54, 1.807) is 30.3 Å². The maximum atomic E-state index is 14.0. The fourth-order valence-electron chi connectivity index (χ4n) is 3.72. The monoisotopic (exact) mass is 443 g/mol. The molecule has 1 atom stereocenters. The van der Waals surface area contributed by atoms with Crippen LogP contribution in [-0.4, -0.2) is 43.7 Å². The lowest BCUT2D eigenvalue weighted by molar-refractivity contribution is 0.571. The van der Waals surface area contributed by atoms with E-state index in [9.17, 15) is 13.2 Å². The Labute approximate surface area is 184 Å². The molecule has 1 aromatic heterocycles. The predicted octanol–water partition coefficient (Wildman–Crippen LogP) is 3.75. The van der Waals surface area contributed by atoms with E-state index in [0.717, 1.165) is 12.1 Å². The molecule has 2 aromatic carbocycles. The Bertz CT molecular complexity index is 1060. The van der Waals surface area contributed by atoms with Crippen molar-refractivity contribution in [2.75, 3.05) is 31.6 Å². The highest BCUT2D eigenvalue weighted by molar-refractivity contribution is 5.80. The number of halogens is 3. The topological polar surface area (TPSA) is 65.7 Å². The largest absolute Gasteiger partial charge is 0.444 e. The van der Waals surface area contributed by atoms with E-state index in [-0.39, 0.29) is 17.5 Å². The van der Waals surface area contributed by atoms with Gasteiger partial charge in [0.05, 0.1) is 5.69 Å². The number of oxazole rings is 1. The van der Waals surface area contributed by atoms with Gasteiger partial charge in [0.1, 0.15) is 29.4 Å². The van der Waals surface area contributed by atoms with Crippen molar-refractivity contribution in [2.45, 2.75) is 18.9 Å². The van der Waals surface area contributed by atoms with Crippen molar-refractivity contribution in [1.82, 2.24) is 15.6 Å². The van der Waals surface area contributed by atoms with Gasteiger partial charge in [0.15, 0.2) is 5.96 Å². The quantitative estimate of drug-likeness (QED) is 0.449. The zero-order chi connectivity index (χ0) is 22.5. The Kier molecular flexibility index (Phi) is 6.63. The number of para-hydroxylation sites is 1. The molecular formula is C23H24F3N5O. The van der Waals surface area contributed by atoms with Crippen LogP contribution in [0.1, 0.15) is 12.1 Å². The van der Waals surface area contributed by atoms with Crippen molar-refractivity contribution < 1.29 is 17.6 Å². The molecule has 1 aliphatic rings. The van der Waals surface area contributed by atoms with Crippen LogP contribution in [0.4, 0.5) is 18.9 Å². The summed E-state index contributed by atoms with van der Waals surface area (Å²) >= 11 is 0. The first-order valence-corrected chi connectivity index (χ1v) is 10.4. The van der Waals surface area contributed by atoms with Gasteiger partial charge >= 0.3 is 0 Å². The Morgan fingerprint density at radius 1 is 1.16 bits per heavy atom. The molecule has 2 heterocycles. The highest BCUT2D eigenvalue weighted by Gasteiger charge is 2.27. The minimum atomic E-state index is -0.555. The minimum Gasteiger partial charge on any atom is -0.444 e. The van der Waals surface area contributed by atoms with Crippen molar-refractivity contribution in [3.05, 3.63) is 71.9 Å². The Morgan fingerprint density at radius 2 is 1.91 bits per heavy atom. The summed E-state index contributed by atoms with van der Waals surface area (Å²) < 4.78 is 46.6. The van der Waals surface area contributed by atoms with Crippen LogP contribution in [0.15, 0.2) is 58.1 Å². The second-order valence-electron chi connectivity index (χ2n) is 7.55. The summed E-state index contributed by atoms with van der Waals surface area (Å²) in [5, 5.41) is 6.52. The van der Waals surface area contributed by atoms with Gasteiger partial charge in [-0.15, -0.1) is 0 Å². The molecule has 168 valence electrons. The molecule has 0 aliphatic carbocycles. The lowest BCUT2D eigenvalue weighted by atomic mass is 10.2. The summed E-state index contributed by atoms with van der Waals surface area (Å²) in [5.74, 6) is -0.378. The molecular weight excluding hydrogens is 419 g/mol. The van der Waals surface area contributed by atoms with Crippen molar-refractivity contribution in [1.29, 1.82) is 0 Å². The summed E-state index contributed by atoms with van der Waals surface area (Å²) in [6, 6.07) is 9.87. The van der Waals surface area contributed by atoms with Gasteiger partial charge in [0, 0.05) is 44.7 Å². The number of nitrogens with zero attached hydrogens (tertiary/aromatic N) is 3. The van der Waals surface area contributed by atoms with Crippen LogP contribution >= 0.6 is 0 Å². The zero-order valence-electron chi connectivity index (χ0n) is 17.6. The van der Waals surface area contributed by atoms with E-state index in [4.69, 9.17) is 4.42 Å². The number of benzene rings is 2. The van der Waals surface area contributed by atoms with Gasteiger partial charge in [0.25, 0.3) is 0 Å². The van der Waals surface area contributed by atoms with E-state index in [2.05, 4.69) is 20.6 Å². The standard InChI is InChI=1S/C23H24F3N5O/c1-27-23(30-17-10-12-31(13-17)21-19(25)3-2-4-20(21)26)28-11-9-18-14-32-22(29-18)15-5-7-16(24)8-6-15/h2-8,14,17H,9-13H2,1H3,(H2,27,28,30). The SMILES string of the molecule is CN=C(NCCc1coc(-c2ccc(F)cc2)n1)NC1CCN(c2c(F)cccc2F)C1. The van der Waals surface area contributed by atoms with Gasteiger partial charge in [-0.1, -0.05) is 6.07 Å². The molecule has 0 saturated carbocycles. The number of anilines is 1. The molecule has 0 spiro atoms. The summed E-state index contributed by atoms with van der Waals surface area (Å²) in [5.41, 5.74) is 1.48. The van der Waals surface area contributed by atoms with Gasteiger partial charge in [0.2, 0.25) is 5.89 Å². The Balaban J connectivity index is 1.27. The molecule has 0 amide bonds. The fourth-order valence-corrected chi connectivity index (χ4v) is 3.72. The number of hydrogen-bond donors (Lipinski definition) is 2. The number of aromatic nitrogens is 1. The average Bonchev–Trinajstić information content (AvgIpc) is 3.43. The predicted molar refractivity (Wildman–Crippen MR) is 117 cm³/mol. The maximum Gasteiger partial charge on any atom is 0.226 e. The van der Waals surface area contributed by atoms with Gasteiger partial charge in [-0.3, -0.25) is 4.99 Å². The lowest BCUT2D eigenvalue weighted by Gasteiger charge is -2.21. The second kappa shape index (κ2) is 9.76. The fraction of sp³-hybridized carbons (Fsp3) is 0.304. The molecule has 1 fully saturated rings. The van der Waals surface area contributed by atoms with Crippen molar-refractivity contribution in [3.63, 3.8) is 0 Å². The van der Waals surface area contributed by atoms with Crippen LogP contribution in [0, 0.1) is 17.5 Å². The molecule has 1 saturated heterocycles. The highest BCUT2D eigenvalue weighted by Crippen LogP contribution is 2.26. The normalized spacial score (nSPS) is 16.4. The summed E-state index contributed by atoms with van der Waals surface area (Å²) in [7, 11) is 1.67. The molecule has 1 aliphatic heterocycles. The van der Waals surface area contributed by atoms with Gasteiger partial charge in [-0.05, 0) is 42.8 Å². The first kappa shape index (κ1) is 21.7. The van der Waals surface area contributed by atoms with Gasteiger partial charge < -0.3 is 20.0 Å². The van der Waals surface area contributed by atoms with E-state index in [0.29, 0.717) is 43.5 Å². The van der Waals surface area contributed by atoms with Crippen molar-refractivity contribution in [3.8, 4) is 11.5 Å². The second-order valence-corrected chi connectivity index (χ2v) is 7.55. The number of hydrogen-bond acceptors (Lipinski definition) is 4. The van der Waals surface area contributed by atoms with Crippen molar-refractivity contribution >= 4 is 11.6 Å². The molecule has 1 unspecified atom stereocenters. The van der Waals surface area contributed by atoms with Gasteiger partial charge in [-0.2, -0.15) is 0 Å². The van der Waals surface area contributed by atoms with Crippen LogP contribution in [-0.2, 0) is 6.42 Å². The number of aliphatic imine (C=N–C) groups is 1. The molecule has 32 heavy (non-hydrogen) atoms. The van der Waals surface area contributed by atoms with Crippen LogP contribution in [0.25, 0.3) is 11.5 Å². The van der Waals surface area contributed by atoms with E-state index in [1.165, 1.54) is 30.3 Å². The first-order chi connectivity index (χ1) is 15.5. The van der Waals surface area contributed by atoms with E-state index in [1.807, 2.05) is 0 Å². The minimum absolute atomic E-state index is 0.0114. The third-order valence-corrected chi connectivity index (χ3v) is 5.32. The molecule has 9 heteroatoms. The summed E-state index contributed by atoms with van der Waals surface area (Å²) in [6.45, 7) is 1.59. The average molecular weight is 443 g/mol. The number of nitrogens with one attached hydrogen (secondary N) is 2. The summed E-state index contributed by atoms with van der Waals surface area (Å²) in [6.07, 6.45) is 2.91. The van der Waals surface area contributed by atoms with Gasteiger partial charge in [-0.25, -0.2) is 18.2 Å². The molecule has 3 aromatic rings. The smallest absolute Gasteiger partial charge is 0.226 e. The molecule has 6 nitrogen and oxygen atoms in total. The molecule has 4 rings (SSSR count). The molecule has 0 bridgehead atoms. The first-order valence-electron chi connectivity index (χ1n) is 10.4. The van der Waals surface area contributed by atoms with E-state index < -0.39 is 11.6 Å². The van der Waals surface area contributed by atoms with E-state index >= 15 is 0 Å². The van der Waals surface area contributed by atoms with Crippen LogP contribution in [0.2, 0.25) is 0 Å². The molecule has 2 N–H and O–H groups in total. The van der Waals surface area contributed by atoms with Crippen LogP contribution in [0.3, 0.4) is 0 Å². The highest BCUT2D eigenvalue weighted by atomic mass is 19.1. The summed E-state index contributed by atoms with van der Waals surface area (Å²) in [4.78, 5) is 10.4. The van der Waals surface area contributed by atoms with Crippen LogP contribution in [0.5, 0.6) is 0 Å². The Morgan fingerprint density at radius 3 is 2.62 bits per heavy atom. The lowest BCUT2D eigenvalue weighted by Crippen LogP contribution is -2.45. The molecule has 0 radical (unpaired) electrons. The maximum absolute atomic E-state index is 14.0. The number of rotatable bonds is 6. The van der Waals surface area contributed by atoms with Crippen molar-refractivity contribution in [2.24, 2.45) is 4.99 Å². The Hall–Kier alpha value is -3.49. The third kappa shape index (κ3) is 5.04. The number of guanidine groups is 1.